The molecule has 2 aromatic rings. The number of nitrogens with zero attached hydrogens (tertiary/aromatic N) is 2. The quantitative estimate of drug-likeness (QED) is 0.654. The zero-order valence-electron chi connectivity index (χ0n) is 18.6. The number of likely N-dealkylation sites (tertiary alicyclic amines) is 1. The van der Waals surface area contributed by atoms with Gasteiger partial charge in [0.05, 0.1) is 0 Å². The summed E-state index contributed by atoms with van der Waals surface area (Å²) >= 11 is 0. The van der Waals surface area contributed by atoms with Gasteiger partial charge in [-0.25, -0.2) is 4.79 Å². The van der Waals surface area contributed by atoms with Crippen LogP contribution in [0.25, 0.3) is 0 Å². The van der Waals surface area contributed by atoms with Gasteiger partial charge in [-0.3, -0.25) is 9.59 Å². The Hall–Kier alpha value is -3.09. The Morgan fingerprint density at radius 3 is 2.66 bits per heavy atom. The normalized spacial score (nSPS) is 20.2. The average molecular weight is 437 g/mol. The second kappa shape index (κ2) is 10.0. The maximum absolute atomic E-state index is 13.2. The summed E-state index contributed by atoms with van der Waals surface area (Å²) in [4.78, 5) is 40.1. The highest BCUT2D eigenvalue weighted by molar-refractivity contribution is 5.87. The molecule has 0 radical (unpaired) electrons. The number of nitrogens with one attached hydrogen (secondary N) is 2. The minimum atomic E-state index is -0.626. The molecule has 4 rings (SSSR count). The number of pyridine rings is 1. The van der Waals surface area contributed by atoms with Crippen LogP contribution in [0, 0.1) is 5.92 Å². The maximum atomic E-state index is 13.2. The van der Waals surface area contributed by atoms with Crippen LogP contribution >= 0.6 is 0 Å². The van der Waals surface area contributed by atoms with Crippen molar-refractivity contribution in [2.45, 2.75) is 51.1 Å². The lowest BCUT2D eigenvalue weighted by atomic mass is 9.83. The van der Waals surface area contributed by atoms with Crippen molar-refractivity contribution in [1.29, 1.82) is 0 Å². The second-order valence-electron chi connectivity index (χ2n) is 8.94. The van der Waals surface area contributed by atoms with Crippen molar-refractivity contribution >= 4 is 11.9 Å². The third-order valence-corrected chi connectivity index (χ3v) is 6.49. The molecule has 1 saturated heterocycles. The number of amides is 3. The Morgan fingerprint density at radius 2 is 1.88 bits per heavy atom. The van der Waals surface area contributed by atoms with Gasteiger partial charge >= 0.3 is 6.03 Å². The number of hydrogen-bond donors (Lipinski definition) is 2. The largest absolute Gasteiger partial charge is 0.354 e. The van der Waals surface area contributed by atoms with Crippen LogP contribution in [0.4, 0.5) is 4.79 Å². The van der Waals surface area contributed by atoms with Gasteiger partial charge < -0.3 is 20.1 Å². The lowest BCUT2D eigenvalue weighted by Crippen LogP contribution is -2.56. The molecule has 3 heterocycles. The standard InChI is InChI=1S/C25H32N4O3/c1-2-3-12-26-24(31)21(14-18-8-5-4-6-9-18)27-25(32)28-15-19-13-20(17-28)22-10-7-11-23(30)29(22)16-19/h4-11,19-21H,2-3,12-17H2,1H3,(H,26,31)(H,27,32). The molecule has 7 heteroatoms. The first kappa shape index (κ1) is 22.1. The zero-order chi connectivity index (χ0) is 22.5. The van der Waals surface area contributed by atoms with Gasteiger partial charge in [0.15, 0.2) is 0 Å². The van der Waals surface area contributed by atoms with Crippen molar-refractivity contribution in [3.63, 3.8) is 0 Å². The van der Waals surface area contributed by atoms with E-state index in [1.54, 1.807) is 12.1 Å². The molecule has 0 spiro atoms. The number of aromatic nitrogens is 1. The fourth-order valence-electron chi connectivity index (χ4n) is 4.87. The predicted octanol–water partition coefficient (Wildman–Crippen LogP) is 2.50. The average Bonchev–Trinajstić information content (AvgIpc) is 2.80. The minimum Gasteiger partial charge on any atom is -0.354 e. The predicted molar refractivity (Wildman–Crippen MR) is 124 cm³/mol. The topological polar surface area (TPSA) is 83.4 Å². The molecule has 1 fully saturated rings. The van der Waals surface area contributed by atoms with Gasteiger partial charge in [-0.2, -0.15) is 0 Å². The Morgan fingerprint density at radius 1 is 1.06 bits per heavy atom. The van der Waals surface area contributed by atoms with E-state index in [1.807, 2.05) is 45.9 Å². The first-order valence-electron chi connectivity index (χ1n) is 11.6. The highest BCUT2D eigenvalue weighted by Crippen LogP contribution is 2.34. The summed E-state index contributed by atoms with van der Waals surface area (Å²) in [6.07, 6.45) is 3.34. The van der Waals surface area contributed by atoms with Crippen LogP contribution in [0.15, 0.2) is 53.3 Å². The number of rotatable bonds is 7. The fraction of sp³-hybridized carbons (Fsp3) is 0.480. The van der Waals surface area contributed by atoms with Crippen LogP contribution in [-0.2, 0) is 17.8 Å². The monoisotopic (exact) mass is 436 g/mol. The Bertz CT molecular complexity index is 1000. The van der Waals surface area contributed by atoms with Crippen LogP contribution in [0.3, 0.4) is 0 Å². The highest BCUT2D eigenvalue weighted by Gasteiger charge is 2.37. The molecule has 0 saturated carbocycles. The lowest BCUT2D eigenvalue weighted by molar-refractivity contribution is -0.122. The lowest BCUT2D eigenvalue weighted by Gasteiger charge is -2.43. The molecule has 3 unspecified atom stereocenters. The van der Waals surface area contributed by atoms with E-state index >= 15 is 0 Å². The van der Waals surface area contributed by atoms with Gasteiger partial charge in [-0.1, -0.05) is 49.7 Å². The summed E-state index contributed by atoms with van der Waals surface area (Å²) in [6, 6.07) is 14.3. The number of carbonyl (C=O) groups is 2. The van der Waals surface area contributed by atoms with Crippen molar-refractivity contribution in [3.05, 3.63) is 70.1 Å². The summed E-state index contributed by atoms with van der Waals surface area (Å²) in [7, 11) is 0. The van der Waals surface area contributed by atoms with E-state index < -0.39 is 6.04 Å². The van der Waals surface area contributed by atoms with E-state index in [0.717, 1.165) is 30.5 Å². The number of urea groups is 1. The molecular formula is C25H32N4O3. The van der Waals surface area contributed by atoms with Gasteiger partial charge in [-0.15, -0.1) is 0 Å². The second-order valence-corrected chi connectivity index (χ2v) is 8.94. The molecular weight excluding hydrogens is 404 g/mol. The summed E-state index contributed by atoms with van der Waals surface area (Å²) < 4.78 is 1.85. The molecule has 32 heavy (non-hydrogen) atoms. The van der Waals surface area contributed by atoms with Crippen molar-refractivity contribution in [2.75, 3.05) is 19.6 Å². The van der Waals surface area contributed by atoms with E-state index in [-0.39, 0.29) is 29.3 Å². The SMILES string of the molecule is CCCCNC(=O)C(Cc1ccccc1)NC(=O)N1CC2CC(C1)c1cccc(=O)n1C2. The van der Waals surface area contributed by atoms with Gasteiger partial charge in [-0.05, 0) is 30.4 Å². The van der Waals surface area contributed by atoms with Gasteiger partial charge in [0.25, 0.3) is 5.56 Å². The third kappa shape index (κ3) is 5.03. The molecule has 1 aromatic carbocycles. The van der Waals surface area contributed by atoms with E-state index in [0.29, 0.717) is 32.6 Å². The van der Waals surface area contributed by atoms with E-state index in [1.165, 1.54) is 0 Å². The first-order chi connectivity index (χ1) is 15.5. The third-order valence-electron chi connectivity index (χ3n) is 6.49. The van der Waals surface area contributed by atoms with Crippen LogP contribution in [0.1, 0.15) is 43.4 Å². The fourth-order valence-corrected chi connectivity index (χ4v) is 4.87. The van der Waals surface area contributed by atoms with Gasteiger partial charge in [0.2, 0.25) is 5.91 Å². The smallest absolute Gasteiger partial charge is 0.318 e. The summed E-state index contributed by atoms with van der Waals surface area (Å²) in [5.74, 6) is 0.246. The molecule has 2 N–H and O–H groups in total. The van der Waals surface area contributed by atoms with Crippen LogP contribution in [-0.4, -0.2) is 47.1 Å². The molecule has 2 bridgehead atoms. The van der Waals surface area contributed by atoms with E-state index in [2.05, 4.69) is 17.6 Å². The summed E-state index contributed by atoms with van der Waals surface area (Å²) in [6.45, 7) is 4.48. The maximum Gasteiger partial charge on any atom is 0.318 e. The summed E-state index contributed by atoms with van der Waals surface area (Å²) in [5.41, 5.74) is 2.04. The molecule has 1 aromatic heterocycles. The molecule has 0 aliphatic carbocycles. The number of piperidine rings is 1. The molecule has 170 valence electrons. The minimum absolute atomic E-state index is 0.0294. The van der Waals surface area contributed by atoms with Crippen LogP contribution in [0.5, 0.6) is 0 Å². The molecule has 7 nitrogen and oxygen atoms in total. The van der Waals surface area contributed by atoms with Crippen molar-refractivity contribution < 1.29 is 9.59 Å². The van der Waals surface area contributed by atoms with E-state index in [4.69, 9.17) is 0 Å². The Kier molecular flexibility index (Phi) is 6.93. The molecule has 2 aliphatic rings. The Balaban J connectivity index is 1.45. The Labute approximate surface area is 188 Å². The number of benzene rings is 1. The number of hydrogen-bond acceptors (Lipinski definition) is 3. The van der Waals surface area contributed by atoms with Crippen LogP contribution in [0.2, 0.25) is 0 Å². The van der Waals surface area contributed by atoms with Crippen molar-refractivity contribution in [3.8, 4) is 0 Å². The van der Waals surface area contributed by atoms with Crippen LogP contribution < -0.4 is 16.2 Å². The number of carbonyl (C=O) groups excluding carboxylic acids is 2. The molecule has 2 aliphatic heterocycles. The number of fused-ring (bicyclic) bond motifs is 4. The van der Waals surface area contributed by atoms with Gasteiger partial charge in [0, 0.05) is 50.3 Å². The van der Waals surface area contributed by atoms with E-state index in [9.17, 15) is 14.4 Å². The first-order valence-corrected chi connectivity index (χ1v) is 11.6. The van der Waals surface area contributed by atoms with Gasteiger partial charge in [0.1, 0.15) is 6.04 Å². The van der Waals surface area contributed by atoms with Crippen molar-refractivity contribution in [2.24, 2.45) is 5.92 Å². The zero-order valence-corrected chi connectivity index (χ0v) is 18.6. The molecule has 3 atom stereocenters. The van der Waals surface area contributed by atoms with Crippen molar-refractivity contribution in [1.82, 2.24) is 20.1 Å². The number of unbranched alkanes of at least 4 members (excludes halogenated alkanes) is 1. The molecule has 3 amide bonds. The summed E-state index contributed by atoms with van der Waals surface area (Å²) in [5, 5.41) is 5.95. The highest BCUT2D eigenvalue weighted by atomic mass is 16.2.